The Bertz CT molecular complexity index is 403. The SMILES string of the molecule is O=S(=O)(O[As])C(F)(F)F.O=S(=O)(O[As])C(F)(F)F. The monoisotopic (exact) mass is 448 g/mol. The first-order valence-corrected chi connectivity index (χ1v) is 7.26. The zero-order valence-corrected chi connectivity index (χ0v) is 12.8. The predicted octanol–water partition coefficient (Wildman–Crippen LogP) is -0.128. The van der Waals surface area contributed by atoms with E-state index in [0.717, 1.165) is 34.4 Å². The van der Waals surface area contributed by atoms with E-state index in [2.05, 4.69) is 6.34 Å². The van der Waals surface area contributed by atoms with E-state index in [-0.39, 0.29) is 0 Å². The molecule has 0 aromatic carbocycles. The van der Waals surface area contributed by atoms with Crippen LogP contribution in [0, 0.1) is 0 Å². The molecule has 0 spiro atoms. The summed E-state index contributed by atoms with van der Waals surface area (Å²) in [6.07, 6.45) is 0. The molecule has 18 heavy (non-hydrogen) atoms. The first-order valence-electron chi connectivity index (χ1n) is 2.91. The Morgan fingerprint density at radius 1 is 0.667 bits per heavy atom. The van der Waals surface area contributed by atoms with Crippen LogP contribution in [0.25, 0.3) is 0 Å². The number of rotatable bonds is 2. The van der Waals surface area contributed by atoms with Crippen molar-refractivity contribution >= 4 is 54.6 Å². The summed E-state index contributed by atoms with van der Waals surface area (Å²) in [5.74, 6) is 0. The van der Waals surface area contributed by atoms with E-state index in [1.807, 2.05) is 0 Å². The first kappa shape index (κ1) is 20.8. The van der Waals surface area contributed by atoms with Crippen molar-refractivity contribution in [2.45, 2.75) is 11.0 Å². The van der Waals surface area contributed by atoms with Gasteiger partial charge in [0, 0.05) is 0 Å². The molecule has 0 saturated heterocycles. The maximum atomic E-state index is 11.1. The van der Waals surface area contributed by atoms with Crippen molar-refractivity contribution in [3.8, 4) is 0 Å². The Labute approximate surface area is 115 Å². The molecular weight excluding hydrogens is 448 g/mol. The van der Waals surface area contributed by atoms with Crippen LogP contribution in [0.15, 0.2) is 0 Å². The summed E-state index contributed by atoms with van der Waals surface area (Å²) in [6, 6.07) is 0. The molecule has 16 heteroatoms. The second-order valence-electron chi connectivity index (χ2n) is 1.95. The number of hydrogen-bond acceptors (Lipinski definition) is 6. The van der Waals surface area contributed by atoms with E-state index < -0.39 is 31.3 Å². The maximum absolute atomic E-state index is 11.1. The van der Waals surface area contributed by atoms with Gasteiger partial charge in [0.15, 0.2) is 0 Å². The Kier molecular flexibility index (Phi) is 7.86. The molecule has 4 radical (unpaired) electrons. The van der Waals surface area contributed by atoms with Crippen LogP contribution in [0.3, 0.4) is 0 Å². The van der Waals surface area contributed by atoms with Gasteiger partial charge >= 0.3 is 115 Å². The zero-order valence-electron chi connectivity index (χ0n) is 7.43. The van der Waals surface area contributed by atoms with Crippen LogP contribution in [0.5, 0.6) is 0 Å². The summed E-state index contributed by atoms with van der Waals surface area (Å²) in [6.45, 7) is 0. The van der Waals surface area contributed by atoms with Gasteiger partial charge in [-0.25, -0.2) is 0 Å². The molecule has 0 N–H and O–H groups in total. The minimum atomic E-state index is -5.36. The topological polar surface area (TPSA) is 86.7 Å². The van der Waals surface area contributed by atoms with Gasteiger partial charge in [0.25, 0.3) is 0 Å². The van der Waals surface area contributed by atoms with E-state index in [1.54, 1.807) is 0 Å². The minimum absolute atomic E-state index is 0.864. The van der Waals surface area contributed by atoms with Crippen molar-refractivity contribution in [1.82, 2.24) is 0 Å². The third kappa shape index (κ3) is 6.62. The molecule has 0 rings (SSSR count). The van der Waals surface area contributed by atoms with Gasteiger partial charge in [0.2, 0.25) is 0 Å². The van der Waals surface area contributed by atoms with Gasteiger partial charge < -0.3 is 0 Å². The average molecular weight is 448 g/mol. The van der Waals surface area contributed by atoms with Gasteiger partial charge in [0.1, 0.15) is 0 Å². The molecular formula is C2As2F6O6S2. The fraction of sp³-hybridized carbons (Fsp3) is 1.00. The molecule has 0 heterocycles. The molecule has 0 aliphatic heterocycles. The van der Waals surface area contributed by atoms with Crippen molar-refractivity contribution in [3.05, 3.63) is 0 Å². The van der Waals surface area contributed by atoms with Crippen molar-refractivity contribution < 1.29 is 49.5 Å². The molecule has 0 aromatic rings. The van der Waals surface area contributed by atoms with Crippen LogP contribution >= 0.6 is 0 Å². The van der Waals surface area contributed by atoms with Gasteiger partial charge in [-0.3, -0.25) is 0 Å². The van der Waals surface area contributed by atoms with Crippen molar-refractivity contribution in [3.63, 3.8) is 0 Å². The Morgan fingerprint density at radius 2 is 0.833 bits per heavy atom. The van der Waals surface area contributed by atoms with Crippen LogP contribution in [-0.2, 0) is 26.6 Å². The number of halogens is 6. The molecule has 0 saturated carbocycles. The average Bonchev–Trinajstić information content (AvgIpc) is 2.15. The molecule has 0 fully saturated rings. The van der Waals surface area contributed by atoms with Crippen LogP contribution < -0.4 is 0 Å². The fourth-order valence-corrected chi connectivity index (χ4v) is 1.32. The van der Waals surface area contributed by atoms with Crippen molar-refractivity contribution in [2.24, 2.45) is 0 Å². The summed E-state index contributed by atoms with van der Waals surface area (Å²) in [5.41, 5.74) is -10.6. The predicted molar refractivity (Wildman–Crippen MR) is 43.6 cm³/mol. The van der Waals surface area contributed by atoms with Gasteiger partial charge in [-0.05, 0) is 0 Å². The van der Waals surface area contributed by atoms with Gasteiger partial charge in [-0.1, -0.05) is 0 Å². The van der Waals surface area contributed by atoms with Crippen molar-refractivity contribution in [1.29, 1.82) is 0 Å². The molecule has 0 aliphatic rings. The van der Waals surface area contributed by atoms with Crippen LogP contribution in [0.4, 0.5) is 26.3 Å². The van der Waals surface area contributed by atoms with Crippen LogP contribution in [0.1, 0.15) is 0 Å². The third-order valence-electron chi connectivity index (χ3n) is 0.763. The molecule has 0 aliphatic carbocycles. The van der Waals surface area contributed by atoms with E-state index in [1.165, 1.54) is 0 Å². The Morgan fingerprint density at radius 3 is 0.833 bits per heavy atom. The fourth-order valence-electron chi connectivity index (χ4n) is 0.0845. The number of hydrogen-bond donors (Lipinski definition) is 0. The summed E-state index contributed by atoms with van der Waals surface area (Å²) >= 11 is 1.73. The van der Waals surface area contributed by atoms with Crippen LogP contribution in [-0.4, -0.2) is 62.2 Å². The second kappa shape index (κ2) is 6.80. The molecule has 0 unspecified atom stereocenters. The Hall–Kier alpha value is 0.517. The Balaban J connectivity index is 0. The number of alkyl halides is 6. The standard InChI is InChI=1S/2CAsF3O3S/c2*2-8-9(6,7)1(3,4)5. The van der Waals surface area contributed by atoms with Crippen LogP contribution in [0.2, 0.25) is 0 Å². The quantitative estimate of drug-likeness (QED) is 0.333. The molecule has 108 valence electrons. The first-order chi connectivity index (χ1) is 7.62. The third-order valence-corrected chi connectivity index (χ3v) is 4.76. The molecule has 0 bridgehead atoms. The second-order valence-corrected chi connectivity index (χ2v) is 6.87. The normalized spacial score (nSPS) is 13.8. The van der Waals surface area contributed by atoms with E-state index in [9.17, 15) is 43.2 Å². The summed E-state index contributed by atoms with van der Waals surface area (Å²) in [5, 5.41) is 0. The van der Waals surface area contributed by atoms with Gasteiger partial charge in [-0.15, -0.1) is 0 Å². The summed E-state index contributed by atoms with van der Waals surface area (Å²) < 4.78 is 111. The summed E-state index contributed by atoms with van der Waals surface area (Å²) in [7, 11) is -10.7. The molecule has 0 amide bonds. The van der Waals surface area contributed by atoms with E-state index in [0.29, 0.717) is 0 Å². The zero-order chi connectivity index (χ0) is 15.4. The molecule has 0 aromatic heterocycles. The molecule has 0 atom stereocenters. The van der Waals surface area contributed by atoms with Crippen molar-refractivity contribution in [2.75, 3.05) is 0 Å². The van der Waals surface area contributed by atoms with Gasteiger partial charge in [-0.2, -0.15) is 0 Å². The van der Waals surface area contributed by atoms with Gasteiger partial charge in [0.05, 0.1) is 0 Å². The summed E-state index contributed by atoms with van der Waals surface area (Å²) in [4.78, 5) is 0. The van der Waals surface area contributed by atoms with E-state index in [4.69, 9.17) is 0 Å². The molecule has 6 nitrogen and oxygen atoms in total. The van der Waals surface area contributed by atoms with E-state index >= 15 is 0 Å².